The molecule has 5 heteroatoms. The zero-order valence-electron chi connectivity index (χ0n) is 7.71. The lowest BCUT2D eigenvalue weighted by Gasteiger charge is -2.06. The lowest BCUT2D eigenvalue weighted by molar-refractivity contribution is -0.297. The summed E-state index contributed by atoms with van der Waals surface area (Å²) in [7, 11) is 0. The molecule has 0 aliphatic rings. The molecule has 15 heavy (non-hydrogen) atoms. The predicted molar refractivity (Wildman–Crippen MR) is 48.4 cm³/mol. The highest BCUT2D eigenvalue weighted by atomic mass is 19.4. The number of amides is 1. The molecular formula is C10H9F3NO+. The van der Waals surface area contributed by atoms with Gasteiger partial charge in [0.15, 0.2) is 0 Å². The van der Waals surface area contributed by atoms with Gasteiger partial charge in [0.1, 0.15) is 0 Å². The summed E-state index contributed by atoms with van der Waals surface area (Å²) < 4.78 is 36.8. The van der Waals surface area contributed by atoms with Crippen LogP contribution in [0.15, 0.2) is 30.3 Å². The Bertz CT molecular complexity index is 396. The van der Waals surface area contributed by atoms with Crippen molar-refractivity contribution in [3.8, 4) is 0 Å². The lowest BCUT2D eigenvalue weighted by atomic mass is 10.1. The smallest absolute Gasteiger partial charge is 0.291 e. The molecule has 0 saturated heterocycles. The van der Waals surface area contributed by atoms with Crippen LogP contribution < -0.4 is 5.73 Å². The first-order valence-corrected chi connectivity index (χ1v) is 4.11. The third kappa shape index (κ3) is 3.55. The van der Waals surface area contributed by atoms with Gasteiger partial charge in [-0.2, -0.15) is 13.2 Å². The quantitative estimate of drug-likeness (QED) is 0.748. The van der Waals surface area contributed by atoms with Crippen molar-refractivity contribution in [2.75, 3.05) is 0 Å². The van der Waals surface area contributed by atoms with Crippen LogP contribution in [0.2, 0.25) is 0 Å². The summed E-state index contributed by atoms with van der Waals surface area (Å²) in [5, 5.41) is 0. The summed E-state index contributed by atoms with van der Waals surface area (Å²) >= 11 is 0. The van der Waals surface area contributed by atoms with Crippen LogP contribution in [-0.2, 0) is 11.0 Å². The second-order valence-electron chi connectivity index (χ2n) is 2.92. The number of carbonyl (C=O) groups excluding carboxylic acids is 1. The van der Waals surface area contributed by atoms with Crippen molar-refractivity contribution >= 4 is 12.0 Å². The van der Waals surface area contributed by atoms with Gasteiger partial charge in [0.05, 0.1) is 5.56 Å². The summed E-state index contributed by atoms with van der Waals surface area (Å²) in [4.78, 5) is 10.5. The first kappa shape index (κ1) is 11.5. The fourth-order valence-corrected chi connectivity index (χ4v) is 1.01. The van der Waals surface area contributed by atoms with Crippen LogP contribution in [0.5, 0.6) is 0 Å². The summed E-state index contributed by atoms with van der Waals surface area (Å²) in [6.45, 7) is 0. The van der Waals surface area contributed by atoms with E-state index in [2.05, 4.69) is 5.73 Å². The SMILES string of the molecule is [NH3+]C(=O)C=Cc1cccc(C(F)(F)F)c1. The van der Waals surface area contributed by atoms with Crippen molar-refractivity contribution in [3.63, 3.8) is 0 Å². The molecular weight excluding hydrogens is 207 g/mol. The van der Waals surface area contributed by atoms with Gasteiger partial charge in [-0.1, -0.05) is 12.1 Å². The molecule has 80 valence electrons. The first-order chi connectivity index (χ1) is 6.89. The first-order valence-electron chi connectivity index (χ1n) is 4.11. The summed E-state index contributed by atoms with van der Waals surface area (Å²) in [6.07, 6.45) is -1.95. The van der Waals surface area contributed by atoms with Gasteiger partial charge < -0.3 is 0 Å². The van der Waals surface area contributed by atoms with E-state index in [1.54, 1.807) is 0 Å². The number of hydrogen-bond donors (Lipinski definition) is 1. The van der Waals surface area contributed by atoms with Gasteiger partial charge in [-0.3, -0.25) is 5.73 Å². The topological polar surface area (TPSA) is 44.7 Å². The highest BCUT2D eigenvalue weighted by molar-refractivity contribution is 5.83. The Labute approximate surface area is 84.2 Å². The van der Waals surface area contributed by atoms with E-state index in [1.165, 1.54) is 18.2 Å². The van der Waals surface area contributed by atoms with E-state index in [0.717, 1.165) is 18.2 Å². The number of halogens is 3. The fraction of sp³-hybridized carbons (Fsp3) is 0.100. The fourth-order valence-electron chi connectivity index (χ4n) is 1.01. The Hall–Kier alpha value is -1.62. The van der Waals surface area contributed by atoms with E-state index in [0.29, 0.717) is 5.56 Å². The van der Waals surface area contributed by atoms with Gasteiger partial charge in [0, 0.05) is 6.08 Å². The van der Waals surface area contributed by atoms with Gasteiger partial charge in [0.25, 0.3) is 0 Å². The van der Waals surface area contributed by atoms with Crippen molar-refractivity contribution in [1.29, 1.82) is 0 Å². The van der Waals surface area contributed by atoms with E-state index < -0.39 is 17.6 Å². The molecule has 3 N–H and O–H groups in total. The molecule has 0 aliphatic carbocycles. The average molecular weight is 216 g/mol. The van der Waals surface area contributed by atoms with Crippen LogP contribution in [0.4, 0.5) is 13.2 Å². The van der Waals surface area contributed by atoms with Crippen molar-refractivity contribution in [1.82, 2.24) is 0 Å². The molecule has 0 spiro atoms. The molecule has 2 nitrogen and oxygen atoms in total. The minimum absolute atomic E-state index is 0.321. The standard InChI is InChI=1S/C10H8F3NO/c11-10(12,13)8-3-1-2-7(6-8)4-5-9(14)15/h1-6H,(H2,14,15)/p+1. The van der Waals surface area contributed by atoms with Crippen LogP contribution in [0.1, 0.15) is 11.1 Å². The number of alkyl halides is 3. The third-order valence-electron chi connectivity index (χ3n) is 1.68. The van der Waals surface area contributed by atoms with Gasteiger partial charge >= 0.3 is 12.1 Å². The van der Waals surface area contributed by atoms with Crippen LogP contribution in [0.3, 0.4) is 0 Å². The van der Waals surface area contributed by atoms with E-state index in [1.807, 2.05) is 0 Å². The minimum atomic E-state index is -4.36. The molecule has 0 aromatic heterocycles. The van der Waals surface area contributed by atoms with Crippen molar-refractivity contribution in [2.45, 2.75) is 6.18 Å². The molecule has 1 rings (SSSR count). The lowest BCUT2D eigenvalue weighted by Crippen LogP contribution is -2.55. The number of rotatable bonds is 2. The van der Waals surface area contributed by atoms with E-state index in [4.69, 9.17) is 0 Å². The van der Waals surface area contributed by atoms with E-state index in [-0.39, 0.29) is 0 Å². The maximum Gasteiger partial charge on any atom is 0.416 e. The average Bonchev–Trinajstić information content (AvgIpc) is 2.14. The molecule has 1 aromatic carbocycles. The zero-order chi connectivity index (χ0) is 11.5. The van der Waals surface area contributed by atoms with E-state index >= 15 is 0 Å². The number of quaternary nitrogens is 1. The second-order valence-corrected chi connectivity index (χ2v) is 2.92. The predicted octanol–water partition coefficient (Wildman–Crippen LogP) is 1.49. The second kappa shape index (κ2) is 4.27. The largest absolute Gasteiger partial charge is 0.416 e. The molecule has 1 amide bonds. The van der Waals surface area contributed by atoms with Crippen LogP contribution in [0.25, 0.3) is 6.08 Å². The molecule has 0 atom stereocenters. The van der Waals surface area contributed by atoms with Crippen molar-refractivity contribution in [3.05, 3.63) is 41.5 Å². The normalized spacial score (nSPS) is 12.0. The van der Waals surface area contributed by atoms with Crippen LogP contribution in [0, 0.1) is 0 Å². The molecule has 0 bridgehead atoms. The molecule has 0 unspecified atom stereocenters. The van der Waals surface area contributed by atoms with Gasteiger partial charge in [-0.25, -0.2) is 4.79 Å². The number of hydrogen-bond acceptors (Lipinski definition) is 1. The molecule has 0 fully saturated rings. The Kier molecular flexibility index (Phi) is 3.26. The van der Waals surface area contributed by atoms with Crippen molar-refractivity contribution < 1.29 is 23.7 Å². The minimum Gasteiger partial charge on any atom is -0.291 e. The molecule has 0 saturated carbocycles. The van der Waals surface area contributed by atoms with Crippen molar-refractivity contribution in [2.24, 2.45) is 0 Å². The van der Waals surface area contributed by atoms with Crippen LogP contribution in [-0.4, -0.2) is 5.91 Å². The zero-order valence-corrected chi connectivity index (χ0v) is 7.71. The summed E-state index contributed by atoms with van der Waals surface area (Å²) in [5.74, 6) is -0.451. The van der Waals surface area contributed by atoms with Crippen LogP contribution >= 0.6 is 0 Å². The Morgan fingerprint density at radius 3 is 2.53 bits per heavy atom. The number of benzene rings is 1. The summed E-state index contributed by atoms with van der Waals surface area (Å²) in [5.41, 5.74) is 2.66. The third-order valence-corrected chi connectivity index (χ3v) is 1.68. The Balaban J connectivity index is 2.98. The molecule has 0 heterocycles. The highest BCUT2D eigenvalue weighted by Gasteiger charge is 2.30. The van der Waals surface area contributed by atoms with Gasteiger partial charge in [0.2, 0.25) is 0 Å². The maximum absolute atomic E-state index is 12.3. The molecule has 0 aliphatic heterocycles. The van der Waals surface area contributed by atoms with E-state index in [9.17, 15) is 18.0 Å². The summed E-state index contributed by atoms with van der Waals surface area (Å²) in [6, 6.07) is 4.72. The maximum atomic E-state index is 12.3. The molecule has 0 radical (unpaired) electrons. The highest BCUT2D eigenvalue weighted by Crippen LogP contribution is 2.29. The van der Waals surface area contributed by atoms with Gasteiger partial charge in [-0.05, 0) is 23.8 Å². The molecule has 1 aromatic rings. The Morgan fingerprint density at radius 2 is 2.00 bits per heavy atom. The number of carbonyl (C=O) groups is 1. The monoisotopic (exact) mass is 216 g/mol. The van der Waals surface area contributed by atoms with Gasteiger partial charge in [-0.15, -0.1) is 0 Å². The Morgan fingerprint density at radius 1 is 1.33 bits per heavy atom.